The van der Waals surface area contributed by atoms with Gasteiger partial charge in [0, 0.05) is 12.6 Å². The van der Waals surface area contributed by atoms with Gasteiger partial charge >= 0.3 is 0 Å². The first-order chi connectivity index (χ1) is 12.0. The number of ether oxygens (including phenoxy) is 2. The molecule has 0 bridgehead atoms. The second-order valence-electron chi connectivity index (χ2n) is 5.78. The molecule has 0 spiro atoms. The molecule has 134 valence electrons. The van der Waals surface area contributed by atoms with Gasteiger partial charge in [-0.25, -0.2) is 8.42 Å². The molecule has 0 amide bonds. The highest BCUT2D eigenvalue weighted by Gasteiger charge is 2.35. The Kier molecular flexibility index (Phi) is 5.19. The number of hydrogen-bond acceptors (Lipinski definition) is 6. The quantitative estimate of drug-likeness (QED) is 0.781. The second kappa shape index (κ2) is 7.37. The number of para-hydroxylation sites is 1. The number of hydrogen-bond donors (Lipinski definition) is 0. The smallest absolute Gasteiger partial charge is 0.246 e. The molecule has 0 saturated carbocycles. The lowest BCUT2D eigenvalue weighted by molar-refractivity contribution is 0.204. The van der Waals surface area contributed by atoms with Gasteiger partial charge in [-0.1, -0.05) is 12.1 Å². The molecule has 0 aliphatic carbocycles. The molecule has 3 rings (SSSR count). The Hall–Kier alpha value is -2.19. The summed E-state index contributed by atoms with van der Waals surface area (Å²) in [6, 6.07) is 10.2. The molecule has 1 unspecified atom stereocenters. The minimum atomic E-state index is -3.63. The maximum absolute atomic E-state index is 12.9. The molecule has 2 aromatic rings. The molecule has 1 aromatic carbocycles. The monoisotopic (exact) mass is 363 g/mol. The molecule has 1 fully saturated rings. The van der Waals surface area contributed by atoms with Crippen LogP contribution in [0, 0.1) is 6.92 Å². The van der Waals surface area contributed by atoms with E-state index >= 15 is 0 Å². The first kappa shape index (κ1) is 17.6. The van der Waals surface area contributed by atoms with Crippen LogP contribution in [-0.2, 0) is 10.0 Å². The SMILES string of the molecule is CCOc1ccccc1S(=O)(=O)N1CCC(Oc2ccc(C)nn2)C1. The lowest BCUT2D eigenvalue weighted by Gasteiger charge is -2.18. The van der Waals surface area contributed by atoms with E-state index in [0.29, 0.717) is 31.2 Å². The van der Waals surface area contributed by atoms with Crippen molar-refractivity contribution in [3.05, 3.63) is 42.1 Å². The predicted molar refractivity (Wildman–Crippen MR) is 92.2 cm³/mol. The van der Waals surface area contributed by atoms with Crippen LogP contribution >= 0.6 is 0 Å². The molecule has 1 saturated heterocycles. The van der Waals surface area contributed by atoms with Gasteiger partial charge in [-0.3, -0.25) is 0 Å². The largest absolute Gasteiger partial charge is 0.492 e. The molecule has 1 aliphatic heterocycles. The number of sulfonamides is 1. The molecule has 1 atom stereocenters. The fourth-order valence-corrected chi connectivity index (χ4v) is 4.33. The van der Waals surface area contributed by atoms with E-state index in [1.165, 1.54) is 4.31 Å². The van der Waals surface area contributed by atoms with E-state index in [-0.39, 0.29) is 17.5 Å². The zero-order valence-corrected chi connectivity index (χ0v) is 15.1. The Bertz CT molecular complexity index is 824. The van der Waals surface area contributed by atoms with Crippen molar-refractivity contribution in [3.63, 3.8) is 0 Å². The summed E-state index contributed by atoms with van der Waals surface area (Å²) >= 11 is 0. The third-order valence-electron chi connectivity index (χ3n) is 3.94. The van der Waals surface area contributed by atoms with E-state index < -0.39 is 10.0 Å². The number of nitrogens with zero attached hydrogens (tertiary/aromatic N) is 3. The van der Waals surface area contributed by atoms with Gasteiger partial charge < -0.3 is 9.47 Å². The summed E-state index contributed by atoms with van der Waals surface area (Å²) in [6.45, 7) is 4.75. The number of aromatic nitrogens is 2. The fourth-order valence-electron chi connectivity index (χ4n) is 2.71. The summed E-state index contributed by atoms with van der Waals surface area (Å²) in [5, 5.41) is 7.91. The number of aryl methyl sites for hydroxylation is 1. The molecule has 1 aliphatic rings. The van der Waals surface area contributed by atoms with E-state index in [1.54, 1.807) is 30.3 Å². The Labute approximate surface area is 147 Å². The molecule has 0 radical (unpaired) electrons. The van der Waals surface area contributed by atoms with E-state index in [4.69, 9.17) is 9.47 Å². The molecule has 7 nitrogen and oxygen atoms in total. The first-order valence-electron chi connectivity index (χ1n) is 8.19. The summed E-state index contributed by atoms with van der Waals surface area (Å²) in [4.78, 5) is 0.188. The molecular formula is C17H21N3O4S. The highest BCUT2D eigenvalue weighted by Crippen LogP contribution is 2.29. The highest BCUT2D eigenvalue weighted by molar-refractivity contribution is 7.89. The molecule has 8 heteroatoms. The zero-order valence-electron chi connectivity index (χ0n) is 14.3. The van der Waals surface area contributed by atoms with Crippen LogP contribution in [0.4, 0.5) is 0 Å². The molecule has 25 heavy (non-hydrogen) atoms. The van der Waals surface area contributed by atoms with Gasteiger partial charge in [-0.05, 0) is 38.5 Å². The third-order valence-corrected chi connectivity index (χ3v) is 5.84. The van der Waals surface area contributed by atoms with Crippen molar-refractivity contribution in [2.45, 2.75) is 31.3 Å². The van der Waals surface area contributed by atoms with Crippen LogP contribution in [0.25, 0.3) is 0 Å². The van der Waals surface area contributed by atoms with Crippen LogP contribution in [0.5, 0.6) is 11.6 Å². The minimum absolute atomic E-state index is 0.188. The van der Waals surface area contributed by atoms with Crippen molar-refractivity contribution in [3.8, 4) is 11.6 Å². The van der Waals surface area contributed by atoms with E-state index in [1.807, 2.05) is 19.9 Å². The zero-order chi connectivity index (χ0) is 17.9. The third kappa shape index (κ3) is 3.91. The topological polar surface area (TPSA) is 81.6 Å². The summed E-state index contributed by atoms with van der Waals surface area (Å²) in [6.07, 6.45) is 0.358. The molecule has 2 heterocycles. The first-order valence-corrected chi connectivity index (χ1v) is 9.63. The maximum atomic E-state index is 12.9. The van der Waals surface area contributed by atoms with Crippen LogP contribution in [0.3, 0.4) is 0 Å². The summed E-state index contributed by atoms with van der Waals surface area (Å²) in [7, 11) is -3.63. The van der Waals surface area contributed by atoms with Gasteiger partial charge in [0.1, 0.15) is 16.7 Å². The summed E-state index contributed by atoms with van der Waals surface area (Å²) in [5.74, 6) is 0.781. The van der Waals surface area contributed by atoms with Crippen molar-refractivity contribution in [1.29, 1.82) is 0 Å². The van der Waals surface area contributed by atoms with Gasteiger partial charge in [0.25, 0.3) is 0 Å². The Balaban J connectivity index is 1.73. The van der Waals surface area contributed by atoms with Crippen molar-refractivity contribution < 1.29 is 17.9 Å². The van der Waals surface area contributed by atoms with Crippen molar-refractivity contribution in [2.75, 3.05) is 19.7 Å². The molecule has 1 aromatic heterocycles. The predicted octanol–water partition coefficient (Wildman–Crippen LogP) is 2.03. The number of rotatable bonds is 6. The van der Waals surface area contributed by atoms with Crippen LogP contribution in [0.1, 0.15) is 19.0 Å². The van der Waals surface area contributed by atoms with Gasteiger partial charge in [0.2, 0.25) is 15.9 Å². The molecule has 0 N–H and O–H groups in total. The van der Waals surface area contributed by atoms with Gasteiger partial charge in [-0.15, -0.1) is 5.10 Å². The van der Waals surface area contributed by atoms with Gasteiger partial charge in [-0.2, -0.15) is 9.40 Å². The van der Waals surface area contributed by atoms with Gasteiger partial charge in [0.05, 0.1) is 18.8 Å². The maximum Gasteiger partial charge on any atom is 0.246 e. The van der Waals surface area contributed by atoms with Crippen LogP contribution in [0.15, 0.2) is 41.3 Å². The van der Waals surface area contributed by atoms with Crippen LogP contribution < -0.4 is 9.47 Å². The Morgan fingerprint density at radius 1 is 1.20 bits per heavy atom. The van der Waals surface area contributed by atoms with Crippen molar-refractivity contribution in [2.24, 2.45) is 0 Å². The summed E-state index contributed by atoms with van der Waals surface area (Å²) < 4.78 is 38.5. The fraction of sp³-hybridized carbons (Fsp3) is 0.412. The van der Waals surface area contributed by atoms with E-state index in [9.17, 15) is 8.42 Å². The van der Waals surface area contributed by atoms with Gasteiger partial charge in [0.15, 0.2) is 0 Å². The highest BCUT2D eigenvalue weighted by atomic mass is 32.2. The van der Waals surface area contributed by atoms with E-state index in [2.05, 4.69) is 10.2 Å². The van der Waals surface area contributed by atoms with Crippen molar-refractivity contribution in [1.82, 2.24) is 14.5 Å². The Morgan fingerprint density at radius 2 is 2.00 bits per heavy atom. The lowest BCUT2D eigenvalue weighted by Crippen LogP contribution is -2.31. The van der Waals surface area contributed by atoms with Crippen LogP contribution in [-0.4, -0.2) is 48.7 Å². The van der Waals surface area contributed by atoms with Crippen molar-refractivity contribution >= 4 is 10.0 Å². The van der Waals surface area contributed by atoms with E-state index in [0.717, 1.165) is 5.69 Å². The second-order valence-corrected chi connectivity index (χ2v) is 7.69. The minimum Gasteiger partial charge on any atom is -0.492 e. The van der Waals surface area contributed by atoms with Crippen LogP contribution in [0.2, 0.25) is 0 Å². The standard InChI is InChI=1S/C17H21N3O4S/c1-3-23-15-6-4-5-7-16(15)25(21,22)20-11-10-14(12-20)24-17-9-8-13(2)18-19-17/h4-9,14H,3,10-12H2,1-2H3. The average molecular weight is 363 g/mol. The lowest BCUT2D eigenvalue weighted by atomic mass is 10.3. The molecular weight excluding hydrogens is 342 g/mol. The Morgan fingerprint density at radius 3 is 2.72 bits per heavy atom. The number of benzene rings is 1. The average Bonchev–Trinajstić information content (AvgIpc) is 3.07. The normalized spacial score (nSPS) is 18.2. The summed E-state index contributed by atoms with van der Waals surface area (Å²) in [5.41, 5.74) is 0.801.